The zero-order valence-electron chi connectivity index (χ0n) is 20.4. The predicted octanol–water partition coefficient (Wildman–Crippen LogP) is 1.60. The average Bonchev–Trinajstić information content (AvgIpc) is 3.39. The van der Waals surface area contributed by atoms with Gasteiger partial charge in [0.2, 0.25) is 5.91 Å². The number of hydrogen-bond acceptors (Lipinski definition) is 6. The molecule has 0 radical (unpaired) electrons. The number of nitrogens with zero attached hydrogens (tertiary/aromatic N) is 4. The molecule has 1 atom stereocenters. The summed E-state index contributed by atoms with van der Waals surface area (Å²) in [4.78, 5) is 35.5. The molecule has 0 spiro atoms. The van der Waals surface area contributed by atoms with Crippen molar-refractivity contribution in [1.82, 2.24) is 29.9 Å². The van der Waals surface area contributed by atoms with Gasteiger partial charge in [0.25, 0.3) is 5.91 Å². The highest BCUT2D eigenvalue weighted by Gasteiger charge is 2.38. The molecule has 200 valence electrons. The number of aliphatic carboxylic acids is 1. The van der Waals surface area contributed by atoms with Crippen LogP contribution in [0.25, 0.3) is 0 Å². The SMILES string of the molecule is CN(C)CCNC(=O)Cn1ccc(NC(=O)c2ccc(C3CCCCN3)n2C)n1.O=C(O)C(F)(F)F. The van der Waals surface area contributed by atoms with Gasteiger partial charge in [-0.05, 0) is 45.6 Å². The summed E-state index contributed by atoms with van der Waals surface area (Å²) < 4.78 is 35.2. The van der Waals surface area contributed by atoms with Crippen LogP contribution in [0.4, 0.5) is 19.0 Å². The minimum Gasteiger partial charge on any atom is -0.475 e. The maximum atomic E-state index is 12.7. The van der Waals surface area contributed by atoms with E-state index in [4.69, 9.17) is 9.90 Å². The van der Waals surface area contributed by atoms with E-state index >= 15 is 0 Å². The molecule has 2 aromatic rings. The van der Waals surface area contributed by atoms with Gasteiger partial charge in [0.15, 0.2) is 5.82 Å². The molecule has 1 fully saturated rings. The van der Waals surface area contributed by atoms with Crippen LogP contribution >= 0.6 is 0 Å². The average molecular weight is 516 g/mol. The molecule has 0 saturated carbocycles. The molecule has 0 bridgehead atoms. The highest BCUT2D eigenvalue weighted by atomic mass is 19.4. The van der Waals surface area contributed by atoms with Gasteiger partial charge in [-0.15, -0.1) is 0 Å². The Hall–Kier alpha value is -3.39. The van der Waals surface area contributed by atoms with Gasteiger partial charge in [0, 0.05) is 44.1 Å². The summed E-state index contributed by atoms with van der Waals surface area (Å²) in [5.41, 5.74) is 1.71. The monoisotopic (exact) mass is 515 g/mol. The van der Waals surface area contributed by atoms with E-state index in [1.165, 1.54) is 17.5 Å². The van der Waals surface area contributed by atoms with Crippen LogP contribution in [0, 0.1) is 0 Å². The minimum atomic E-state index is -5.08. The summed E-state index contributed by atoms with van der Waals surface area (Å²) in [6.07, 6.45) is 0.0819. The van der Waals surface area contributed by atoms with Gasteiger partial charge in [-0.2, -0.15) is 18.3 Å². The molecule has 0 aliphatic carbocycles. The number of carboxylic acid groups (broad SMARTS) is 1. The van der Waals surface area contributed by atoms with Crippen LogP contribution in [-0.4, -0.2) is 82.0 Å². The van der Waals surface area contributed by atoms with Gasteiger partial charge < -0.3 is 30.5 Å². The number of aromatic nitrogens is 3. The second-order valence-electron chi connectivity index (χ2n) is 8.51. The van der Waals surface area contributed by atoms with E-state index < -0.39 is 12.1 Å². The highest BCUT2D eigenvalue weighted by Crippen LogP contribution is 2.24. The lowest BCUT2D eigenvalue weighted by atomic mass is 10.0. The summed E-state index contributed by atoms with van der Waals surface area (Å²) in [5.74, 6) is -2.66. The molecule has 3 heterocycles. The quantitative estimate of drug-likeness (QED) is 0.420. The van der Waals surface area contributed by atoms with Crippen LogP contribution < -0.4 is 16.0 Å². The van der Waals surface area contributed by atoms with Gasteiger partial charge in [0.1, 0.15) is 12.2 Å². The van der Waals surface area contributed by atoms with Crippen molar-refractivity contribution < 1.29 is 32.7 Å². The Labute approximate surface area is 206 Å². The van der Waals surface area contributed by atoms with E-state index in [1.807, 2.05) is 42.7 Å². The van der Waals surface area contributed by atoms with Crippen molar-refractivity contribution in [1.29, 1.82) is 0 Å². The molecule has 1 saturated heterocycles. The first kappa shape index (κ1) is 28.8. The number of anilines is 1. The van der Waals surface area contributed by atoms with E-state index in [0.29, 0.717) is 24.1 Å². The summed E-state index contributed by atoms with van der Waals surface area (Å²) in [5, 5.41) is 20.6. The summed E-state index contributed by atoms with van der Waals surface area (Å²) in [6.45, 7) is 2.49. The number of carboxylic acids is 1. The molecule has 1 aliphatic heterocycles. The number of likely N-dealkylation sites (N-methyl/N-ethyl adjacent to an activating group) is 1. The number of amides is 2. The molecule has 2 amide bonds. The lowest BCUT2D eigenvalue weighted by molar-refractivity contribution is -0.192. The number of nitrogens with one attached hydrogen (secondary N) is 3. The smallest absolute Gasteiger partial charge is 0.475 e. The van der Waals surface area contributed by atoms with Crippen molar-refractivity contribution in [3.8, 4) is 0 Å². The molecular formula is C22H32F3N7O4. The molecule has 2 aromatic heterocycles. The second-order valence-corrected chi connectivity index (χ2v) is 8.51. The standard InChI is InChI=1S/C20H31N7O2.C2HF3O2/c1-25(2)13-11-22-19(28)14-27-12-9-18(24-27)23-20(29)17-8-7-16(26(17)3)15-6-4-5-10-21-15;3-2(4,5)1(6)7/h7-9,12,15,21H,4-6,10-11,13-14H2,1-3H3,(H,22,28)(H,23,24,29);(H,6,7). The van der Waals surface area contributed by atoms with Crippen LogP contribution in [0.2, 0.25) is 0 Å². The number of carbonyl (C=O) groups excluding carboxylic acids is 2. The second kappa shape index (κ2) is 13.1. The fourth-order valence-corrected chi connectivity index (χ4v) is 3.53. The number of hydrogen-bond donors (Lipinski definition) is 4. The fourth-order valence-electron chi connectivity index (χ4n) is 3.53. The first-order valence-electron chi connectivity index (χ1n) is 11.3. The Morgan fingerprint density at radius 3 is 2.50 bits per heavy atom. The number of piperidine rings is 1. The normalized spacial score (nSPS) is 15.7. The molecule has 3 rings (SSSR count). The topological polar surface area (TPSA) is 134 Å². The van der Waals surface area contributed by atoms with E-state index in [-0.39, 0.29) is 18.4 Å². The van der Waals surface area contributed by atoms with Crippen molar-refractivity contribution in [2.24, 2.45) is 7.05 Å². The van der Waals surface area contributed by atoms with E-state index in [1.54, 1.807) is 12.3 Å². The Balaban J connectivity index is 0.000000572. The maximum absolute atomic E-state index is 12.7. The van der Waals surface area contributed by atoms with Gasteiger partial charge in [-0.3, -0.25) is 14.3 Å². The zero-order chi connectivity index (χ0) is 26.9. The van der Waals surface area contributed by atoms with Crippen LogP contribution in [0.15, 0.2) is 24.4 Å². The number of rotatable bonds is 8. The number of alkyl halides is 3. The molecule has 11 nitrogen and oxygen atoms in total. The predicted molar refractivity (Wildman–Crippen MR) is 125 cm³/mol. The third-order valence-corrected chi connectivity index (χ3v) is 5.37. The van der Waals surface area contributed by atoms with Crippen molar-refractivity contribution in [2.45, 2.75) is 38.0 Å². The van der Waals surface area contributed by atoms with Crippen LogP contribution in [0.3, 0.4) is 0 Å². The molecule has 14 heteroatoms. The molecule has 36 heavy (non-hydrogen) atoms. The summed E-state index contributed by atoms with van der Waals surface area (Å²) >= 11 is 0. The molecule has 0 aromatic carbocycles. The Bertz CT molecular complexity index is 1030. The van der Waals surface area contributed by atoms with Gasteiger partial charge in [-0.1, -0.05) is 6.42 Å². The Morgan fingerprint density at radius 1 is 1.22 bits per heavy atom. The third-order valence-electron chi connectivity index (χ3n) is 5.37. The molecular weight excluding hydrogens is 483 g/mol. The lowest BCUT2D eigenvalue weighted by Crippen LogP contribution is -2.33. The fraction of sp³-hybridized carbons (Fsp3) is 0.545. The Kier molecular flexibility index (Phi) is 10.5. The zero-order valence-corrected chi connectivity index (χ0v) is 20.4. The van der Waals surface area contributed by atoms with Crippen molar-refractivity contribution in [2.75, 3.05) is 39.0 Å². The minimum absolute atomic E-state index is 0.111. The largest absolute Gasteiger partial charge is 0.490 e. The number of carbonyl (C=O) groups is 3. The van der Waals surface area contributed by atoms with E-state index in [2.05, 4.69) is 21.0 Å². The van der Waals surface area contributed by atoms with E-state index in [0.717, 1.165) is 25.2 Å². The van der Waals surface area contributed by atoms with E-state index in [9.17, 15) is 22.8 Å². The molecule has 4 N–H and O–H groups in total. The highest BCUT2D eigenvalue weighted by molar-refractivity contribution is 6.02. The first-order chi connectivity index (χ1) is 16.9. The number of halogens is 3. The summed E-state index contributed by atoms with van der Waals surface area (Å²) in [6, 6.07) is 5.84. The molecule has 1 aliphatic rings. The summed E-state index contributed by atoms with van der Waals surface area (Å²) in [7, 11) is 5.82. The lowest BCUT2D eigenvalue weighted by Gasteiger charge is -2.24. The van der Waals surface area contributed by atoms with Crippen molar-refractivity contribution in [3.05, 3.63) is 35.8 Å². The first-order valence-corrected chi connectivity index (χ1v) is 11.3. The van der Waals surface area contributed by atoms with Crippen LogP contribution in [0.1, 0.15) is 41.5 Å². The van der Waals surface area contributed by atoms with Crippen molar-refractivity contribution >= 4 is 23.6 Å². The maximum Gasteiger partial charge on any atom is 0.490 e. The van der Waals surface area contributed by atoms with Crippen LogP contribution in [-0.2, 0) is 23.2 Å². The third kappa shape index (κ3) is 9.00. The van der Waals surface area contributed by atoms with Crippen molar-refractivity contribution in [3.63, 3.8) is 0 Å². The van der Waals surface area contributed by atoms with Gasteiger partial charge in [0.05, 0.1) is 0 Å². The Morgan fingerprint density at radius 2 is 1.92 bits per heavy atom. The van der Waals surface area contributed by atoms with Gasteiger partial charge >= 0.3 is 12.1 Å². The van der Waals surface area contributed by atoms with Gasteiger partial charge in [-0.25, -0.2) is 4.79 Å². The van der Waals surface area contributed by atoms with Crippen LogP contribution in [0.5, 0.6) is 0 Å². The molecule has 1 unspecified atom stereocenters.